The monoisotopic (exact) mass is 558 g/mol. The summed E-state index contributed by atoms with van der Waals surface area (Å²) >= 11 is 0. The van der Waals surface area contributed by atoms with E-state index in [1.165, 1.54) is 28.6 Å². The zero-order valence-corrected chi connectivity index (χ0v) is 24.8. The summed E-state index contributed by atoms with van der Waals surface area (Å²) in [7, 11) is 0. The molecule has 0 unspecified atom stereocenters. The summed E-state index contributed by atoms with van der Waals surface area (Å²) in [5.74, 6) is -3.39. The van der Waals surface area contributed by atoms with Crippen LogP contribution < -0.4 is 10.2 Å². The van der Waals surface area contributed by atoms with Gasteiger partial charge in [-0.25, -0.2) is 8.78 Å². The van der Waals surface area contributed by atoms with Gasteiger partial charge in [0.05, 0.1) is 11.7 Å². The van der Waals surface area contributed by atoms with Gasteiger partial charge in [-0.15, -0.1) is 0 Å². The number of anilines is 2. The highest BCUT2D eigenvalue weighted by molar-refractivity contribution is 6.04. The number of carbonyl (C=O) groups is 1. The van der Waals surface area contributed by atoms with Crippen LogP contribution in [-0.4, -0.2) is 16.1 Å². The second-order valence-electron chi connectivity index (χ2n) is 10.4. The van der Waals surface area contributed by atoms with Crippen LogP contribution in [0.3, 0.4) is 0 Å². The van der Waals surface area contributed by atoms with E-state index < -0.39 is 5.92 Å². The molecule has 0 aliphatic rings. The van der Waals surface area contributed by atoms with Gasteiger partial charge in [0.2, 0.25) is 0 Å². The lowest BCUT2D eigenvalue weighted by atomic mass is 10.0. The lowest BCUT2D eigenvalue weighted by molar-refractivity contribution is 0.0175. The zero-order valence-electron chi connectivity index (χ0n) is 24.8. The molecule has 0 saturated carbocycles. The second-order valence-corrected chi connectivity index (χ2v) is 10.4. The fourth-order valence-corrected chi connectivity index (χ4v) is 4.40. The molecular formula is C34H40F2N4O. The number of rotatable bonds is 9. The van der Waals surface area contributed by atoms with Gasteiger partial charge in [-0.1, -0.05) is 44.6 Å². The highest BCUT2D eigenvalue weighted by atomic mass is 19.3. The Hall–Kier alpha value is -4.26. The molecule has 1 amide bonds. The summed E-state index contributed by atoms with van der Waals surface area (Å²) in [6.45, 7) is 14.6. The molecule has 3 aromatic carbocycles. The molecule has 216 valence electrons. The van der Waals surface area contributed by atoms with Crippen molar-refractivity contribution in [3.8, 4) is 0 Å². The Morgan fingerprint density at radius 3 is 2.46 bits per heavy atom. The van der Waals surface area contributed by atoms with Crippen LogP contribution in [0, 0.1) is 6.92 Å². The maximum atomic E-state index is 14.1. The maximum absolute atomic E-state index is 14.1. The molecule has 5 nitrogen and oxygen atoms in total. The molecule has 0 aliphatic heterocycles. The second kappa shape index (κ2) is 13.9. The SMILES string of the molecule is C=CN(C=C(C)C)c1cc(NC(=O)c2ccc(CCC)c(C)c2)cc(C(C)(F)F)c1.CCc1ccc2[nH]ncc2c1. The van der Waals surface area contributed by atoms with E-state index in [9.17, 15) is 13.6 Å². The van der Waals surface area contributed by atoms with E-state index in [1.54, 1.807) is 29.4 Å². The van der Waals surface area contributed by atoms with Gasteiger partial charge in [-0.3, -0.25) is 9.89 Å². The standard InChI is InChI=1S/C25H30F2N2O.C9H10N2/c1-7-9-19-10-11-20(12-18(19)5)24(30)28-22-13-21(25(6,26)27)14-23(15-22)29(8-2)16-17(3)4;1-2-7-3-4-9-8(5-7)6-10-11-9/h8,10-16H,2,7,9H2,1,3-6H3,(H,28,30);3-6H,2H2,1H3,(H,10,11). The Kier molecular flexibility index (Phi) is 10.6. The molecule has 7 heteroatoms. The first-order valence-corrected chi connectivity index (χ1v) is 13.9. The number of hydrogen-bond donors (Lipinski definition) is 2. The number of alkyl halides is 2. The highest BCUT2D eigenvalue weighted by Gasteiger charge is 2.26. The maximum Gasteiger partial charge on any atom is 0.270 e. The van der Waals surface area contributed by atoms with E-state index in [0.717, 1.165) is 42.8 Å². The van der Waals surface area contributed by atoms with E-state index in [1.807, 2.05) is 39.1 Å². The Bertz CT molecular complexity index is 1530. The summed E-state index contributed by atoms with van der Waals surface area (Å²) < 4.78 is 28.2. The summed E-state index contributed by atoms with van der Waals surface area (Å²) in [5, 5.41) is 10.8. The fourth-order valence-electron chi connectivity index (χ4n) is 4.40. The zero-order chi connectivity index (χ0) is 30.2. The average molecular weight is 559 g/mol. The minimum atomic E-state index is -3.05. The third-order valence-corrected chi connectivity index (χ3v) is 6.61. The molecule has 0 fully saturated rings. The molecule has 0 atom stereocenters. The Balaban J connectivity index is 0.000000346. The van der Waals surface area contributed by atoms with Crippen LogP contribution in [0.5, 0.6) is 0 Å². The summed E-state index contributed by atoms with van der Waals surface area (Å²) in [6, 6.07) is 16.3. The van der Waals surface area contributed by atoms with Crippen LogP contribution in [-0.2, 0) is 18.8 Å². The number of allylic oxidation sites excluding steroid dienone is 1. The predicted molar refractivity (Wildman–Crippen MR) is 167 cm³/mol. The van der Waals surface area contributed by atoms with E-state index >= 15 is 0 Å². The number of benzene rings is 3. The summed E-state index contributed by atoms with van der Waals surface area (Å²) in [4.78, 5) is 14.4. The molecule has 1 aromatic heterocycles. The first kappa shape index (κ1) is 31.3. The first-order valence-electron chi connectivity index (χ1n) is 13.9. The lowest BCUT2D eigenvalue weighted by Crippen LogP contribution is -2.16. The van der Waals surface area contributed by atoms with Crippen molar-refractivity contribution in [2.75, 3.05) is 10.2 Å². The number of nitrogens with one attached hydrogen (secondary N) is 2. The normalized spacial score (nSPS) is 10.9. The Morgan fingerprint density at radius 1 is 1.10 bits per heavy atom. The first-order chi connectivity index (χ1) is 19.4. The average Bonchev–Trinajstić information content (AvgIpc) is 3.40. The quantitative estimate of drug-likeness (QED) is 0.215. The van der Waals surface area contributed by atoms with Crippen LogP contribution in [0.15, 0.2) is 85.3 Å². The van der Waals surface area contributed by atoms with Crippen LogP contribution in [0.2, 0.25) is 0 Å². The fraction of sp³-hybridized carbons (Fsp3) is 0.294. The smallest absolute Gasteiger partial charge is 0.270 e. The van der Waals surface area contributed by atoms with Crippen LogP contribution >= 0.6 is 0 Å². The molecule has 2 N–H and O–H groups in total. The number of H-pyrrole nitrogens is 1. The number of nitrogens with zero attached hydrogens (tertiary/aromatic N) is 2. The topological polar surface area (TPSA) is 61.0 Å². The predicted octanol–water partition coefficient (Wildman–Crippen LogP) is 9.31. The molecule has 4 rings (SSSR count). The highest BCUT2D eigenvalue weighted by Crippen LogP contribution is 2.33. The summed E-state index contributed by atoms with van der Waals surface area (Å²) in [5.41, 5.74) is 6.81. The van der Waals surface area contributed by atoms with Crippen molar-refractivity contribution in [2.45, 2.75) is 66.7 Å². The number of aryl methyl sites for hydroxylation is 3. The number of amides is 1. The summed E-state index contributed by atoms with van der Waals surface area (Å²) in [6.07, 6.45) is 8.25. The molecule has 0 saturated heterocycles. The largest absolute Gasteiger partial charge is 0.324 e. The van der Waals surface area contributed by atoms with E-state index in [-0.39, 0.29) is 11.5 Å². The minimum absolute atomic E-state index is 0.182. The van der Waals surface area contributed by atoms with Gasteiger partial charge in [0.15, 0.2) is 0 Å². The van der Waals surface area contributed by atoms with Gasteiger partial charge in [0, 0.05) is 47.2 Å². The molecule has 0 bridgehead atoms. The molecular weight excluding hydrogens is 518 g/mol. The van der Waals surface area contributed by atoms with Gasteiger partial charge in [-0.05, 0) is 92.8 Å². The van der Waals surface area contributed by atoms with E-state index in [4.69, 9.17) is 0 Å². The Morgan fingerprint density at radius 2 is 1.85 bits per heavy atom. The molecule has 1 heterocycles. The number of fused-ring (bicyclic) bond motifs is 1. The van der Waals surface area contributed by atoms with E-state index in [2.05, 4.69) is 54.1 Å². The Labute approximate surface area is 242 Å². The number of carbonyl (C=O) groups excluding carboxylic acids is 1. The van der Waals surface area contributed by atoms with Crippen LogP contribution in [0.1, 0.15) is 73.7 Å². The molecule has 41 heavy (non-hydrogen) atoms. The van der Waals surface area contributed by atoms with Gasteiger partial charge < -0.3 is 10.2 Å². The van der Waals surface area contributed by atoms with Crippen molar-refractivity contribution < 1.29 is 13.6 Å². The third-order valence-electron chi connectivity index (χ3n) is 6.61. The minimum Gasteiger partial charge on any atom is -0.324 e. The van der Waals surface area contributed by atoms with E-state index in [0.29, 0.717) is 16.9 Å². The van der Waals surface area contributed by atoms with Crippen molar-refractivity contribution in [3.63, 3.8) is 0 Å². The number of halogens is 2. The third kappa shape index (κ3) is 8.61. The van der Waals surface area contributed by atoms with Crippen molar-refractivity contribution in [1.82, 2.24) is 10.2 Å². The number of aromatic amines is 1. The molecule has 0 aliphatic carbocycles. The molecule has 4 aromatic rings. The molecule has 0 spiro atoms. The number of aromatic nitrogens is 2. The lowest BCUT2D eigenvalue weighted by Gasteiger charge is -2.21. The van der Waals surface area contributed by atoms with Crippen LogP contribution in [0.4, 0.5) is 20.2 Å². The van der Waals surface area contributed by atoms with Crippen molar-refractivity contribution in [2.24, 2.45) is 0 Å². The van der Waals surface area contributed by atoms with Crippen LogP contribution in [0.25, 0.3) is 10.9 Å². The van der Waals surface area contributed by atoms with Gasteiger partial charge in [0.1, 0.15) is 0 Å². The van der Waals surface area contributed by atoms with Crippen molar-refractivity contribution in [3.05, 3.63) is 113 Å². The van der Waals surface area contributed by atoms with Gasteiger partial charge >= 0.3 is 0 Å². The van der Waals surface area contributed by atoms with Gasteiger partial charge in [-0.2, -0.15) is 5.10 Å². The van der Waals surface area contributed by atoms with Gasteiger partial charge in [0.25, 0.3) is 11.8 Å². The van der Waals surface area contributed by atoms with Crippen molar-refractivity contribution in [1.29, 1.82) is 0 Å². The molecule has 0 radical (unpaired) electrons. The number of hydrogen-bond acceptors (Lipinski definition) is 3. The van der Waals surface area contributed by atoms with Crippen molar-refractivity contribution >= 4 is 28.2 Å².